The first-order valence-corrected chi connectivity index (χ1v) is 5.25. The van der Waals surface area contributed by atoms with E-state index in [1.54, 1.807) is 0 Å². The zero-order valence-electron chi connectivity index (χ0n) is 9.08. The van der Waals surface area contributed by atoms with Gasteiger partial charge < -0.3 is 9.67 Å². The third kappa shape index (κ3) is 1.96. The highest BCUT2D eigenvalue weighted by molar-refractivity contribution is 5.07. The molecule has 2 rings (SSSR count). The average Bonchev–Trinajstić information content (AvgIpc) is 2.70. The van der Waals surface area contributed by atoms with Gasteiger partial charge >= 0.3 is 12.1 Å². The molecule has 1 aliphatic heterocycles. The molecular formula is C9H10F5N3O. The van der Waals surface area contributed by atoms with Crippen molar-refractivity contribution in [1.82, 2.24) is 14.8 Å². The van der Waals surface area contributed by atoms with Gasteiger partial charge in [0.1, 0.15) is 5.82 Å². The van der Waals surface area contributed by atoms with Gasteiger partial charge in [-0.3, -0.25) is 0 Å². The van der Waals surface area contributed by atoms with Crippen molar-refractivity contribution in [3.05, 3.63) is 11.6 Å². The van der Waals surface area contributed by atoms with Crippen molar-refractivity contribution in [2.24, 2.45) is 5.92 Å². The van der Waals surface area contributed by atoms with Crippen LogP contribution in [-0.4, -0.2) is 32.7 Å². The summed E-state index contributed by atoms with van der Waals surface area (Å²) in [6.07, 6.45) is -4.98. The smallest absolute Gasteiger partial charge is 0.396 e. The fourth-order valence-electron chi connectivity index (χ4n) is 1.90. The van der Waals surface area contributed by atoms with Crippen molar-refractivity contribution in [3.8, 4) is 0 Å². The lowest BCUT2D eigenvalue weighted by Gasteiger charge is -2.25. The van der Waals surface area contributed by atoms with Gasteiger partial charge in [0.05, 0.1) is 0 Å². The molecule has 1 aromatic rings. The van der Waals surface area contributed by atoms with Crippen LogP contribution in [0.25, 0.3) is 0 Å². The topological polar surface area (TPSA) is 50.9 Å². The molecule has 0 saturated heterocycles. The first-order chi connectivity index (χ1) is 8.27. The van der Waals surface area contributed by atoms with E-state index >= 15 is 0 Å². The van der Waals surface area contributed by atoms with Crippen molar-refractivity contribution in [1.29, 1.82) is 0 Å². The summed E-state index contributed by atoms with van der Waals surface area (Å²) in [5, 5.41) is 15.3. The van der Waals surface area contributed by atoms with E-state index in [0.717, 1.165) is 4.57 Å². The van der Waals surface area contributed by atoms with Crippen molar-refractivity contribution >= 4 is 0 Å². The minimum Gasteiger partial charge on any atom is -0.396 e. The summed E-state index contributed by atoms with van der Waals surface area (Å²) in [5.74, 6) is -6.69. The third-order valence-electron chi connectivity index (χ3n) is 2.94. The Hall–Kier alpha value is -1.25. The summed E-state index contributed by atoms with van der Waals surface area (Å²) < 4.78 is 64.0. The van der Waals surface area contributed by atoms with Crippen LogP contribution in [0.4, 0.5) is 22.0 Å². The molecule has 18 heavy (non-hydrogen) atoms. The van der Waals surface area contributed by atoms with Gasteiger partial charge in [0.25, 0.3) is 0 Å². The van der Waals surface area contributed by atoms with E-state index in [2.05, 4.69) is 10.2 Å². The molecular weight excluding hydrogens is 261 g/mol. The molecule has 102 valence electrons. The van der Waals surface area contributed by atoms with Crippen LogP contribution in [0.2, 0.25) is 0 Å². The highest BCUT2D eigenvalue weighted by Gasteiger charge is 2.62. The zero-order valence-corrected chi connectivity index (χ0v) is 9.08. The molecule has 1 unspecified atom stereocenters. The second kappa shape index (κ2) is 4.15. The summed E-state index contributed by atoms with van der Waals surface area (Å²) in [7, 11) is 0. The van der Waals surface area contributed by atoms with Gasteiger partial charge in [-0.2, -0.15) is 22.0 Å². The van der Waals surface area contributed by atoms with Gasteiger partial charge in [0.15, 0.2) is 0 Å². The van der Waals surface area contributed by atoms with E-state index in [-0.39, 0.29) is 31.3 Å². The number of halogens is 5. The van der Waals surface area contributed by atoms with Gasteiger partial charge in [-0.25, -0.2) is 0 Å². The first-order valence-electron chi connectivity index (χ1n) is 5.25. The molecule has 2 heterocycles. The van der Waals surface area contributed by atoms with Crippen LogP contribution in [0.3, 0.4) is 0 Å². The molecule has 1 atom stereocenters. The maximum absolute atomic E-state index is 13.2. The van der Waals surface area contributed by atoms with Crippen LogP contribution >= 0.6 is 0 Å². The Morgan fingerprint density at radius 2 is 1.89 bits per heavy atom. The molecule has 4 nitrogen and oxygen atoms in total. The second-order valence-electron chi connectivity index (χ2n) is 4.21. The van der Waals surface area contributed by atoms with Crippen molar-refractivity contribution in [3.63, 3.8) is 0 Å². The molecule has 9 heteroatoms. The van der Waals surface area contributed by atoms with Crippen molar-refractivity contribution in [2.45, 2.75) is 31.5 Å². The Balaban J connectivity index is 2.40. The summed E-state index contributed by atoms with van der Waals surface area (Å²) in [5.41, 5.74) is 0. The zero-order chi connectivity index (χ0) is 13.6. The van der Waals surface area contributed by atoms with Crippen LogP contribution < -0.4 is 0 Å². The Morgan fingerprint density at radius 3 is 2.44 bits per heavy atom. The molecule has 0 radical (unpaired) electrons. The van der Waals surface area contributed by atoms with Crippen LogP contribution in [0.5, 0.6) is 0 Å². The molecule has 0 amide bonds. The second-order valence-corrected chi connectivity index (χ2v) is 4.21. The van der Waals surface area contributed by atoms with E-state index in [0.29, 0.717) is 6.42 Å². The lowest BCUT2D eigenvalue weighted by molar-refractivity contribution is -0.293. The number of aliphatic hydroxyl groups excluding tert-OH is 1. The van der Waals surface area contributed by atoms with E-state index < -0.39 is 17.9 Å². The summed E-state index contributed by atoms with van der Waals surface area (Å²) in [6.45, 7) is -0.394. The predicted molar refractivity (Wildman–Crippen MR) is 48.9 cm³/mol. The number of aromatic nitrogens is 3. The SMILES string of the molecule is OCC1CCc2nnc(C(F)(F)C(F)(F)F)n2C1. The first kappa shape index (κ1) is 13.2. The minimum absolute atomic E-state index is 0.0959. The average molecular weight is 271 g/mol. The Kier molecular flexibility index (Phi) is 3.04. The fraction of sp³-hybridized carbons (Fsp3) is 0.778. The number of aryl methyl sites for hydroxylation is 1. The van der Waals surface area contributed by atoms with Gasteiger partial charge in [0.2, 0.25) is 5.82 Å². The molecule has 0 aromatic carbocycles. The number of rotatable bonds is 2. The minimum atomic E-state index is -5.71. The number of fused-ring (bicyclic) bond motifs is 1. The van der Waals surface area contributed by atoms with E-state index in [4.69, 9.17) is 5.11 Å². The van der Waals surface area contributed by atoms with Crippen LogP contribution in [0, 0.1) is 5.92 Å². The lowest BCUT2D eigenvalue weighted by atomic mass is 10.0. The largest absolute Gasteiger partial charge is 0.461 e. The van der Waals surface area contributed by atoms with E-state index in [1.165, 1.54) is 0 Å². The van der Waals surface area contributed by atoms with Crippen molar-refractivity contribution in [2.75, 3.05) is 6.61 Å². The Morgan fingerprint density at radius 1 is 1.22 bits per heavy atom. The molecule has 0 aliphatic carbocycles. The number of nitrogens with zero attached hydrogens (tertiary/aromatic N) is 3. The monoisotopic (exact) mass is 271 g/mol. The summed E-state index contributed by atoms with van der Waals surface area (Å²) >= 11 is 0. The van der Waals surface area contributed by atoms with E-state index in [9.17, 15) is 22.0 Å². The maximum atomic E-state index is 13.2. The highest BCUT2D eigenvalue weighted by Crippen LogP contribution is 2.43. The van der Waals surface area contributed by atoms with Crippen LogP contribution in [0.1, 0.15) is 18.1 Å². The number of alkyl halides is 5. The van der Waals surface area contributed by atoms with E-state index in [1.807, 2.05) is 0 Å². The lowest BCUT2D eigenvalue weighted by Crippen LogP contribution is -2.38. The normalized spacial score (nSPS) is 20.9. The molecule has 1 aromatic heterocycles. The predicted octanol–water partition coefficient (Wildman–Crippen LogP) is 1.49. The Bertz CT molecular complexity index is 442. The highest BCUT2D eigenvalue weighted by atomic mass is 19.4. The molecule has 0 spiro atoms. The summed E-state index contributed by atoms with van der Waals surface area (Å²) in [6, 6.07) is 0. The van der Waals surface area contributed by atoms with Crippen molar-refractivity contribution < 1.29 is 27.1 Å². The fourth-order valence-corrected chi connectivity index (χ4v) is 1.90. The number of hydrogen-bond acceptors (Lipinski definition) is 3. The quantitative estimate of drug-likeness (QED) is 0.829. The van der Waals surface area contributed by atoms with Gasteiger partial charge in [-0.05, 0) is 6.42 Å². The van der Waals surface area contributed by atoms with Gasteiger partial charge in [0, 0.05) is 25.5 Å². The molecule has 1 N–H and O–H groups in total. The molecule has 0 saturated carbocycles. The van der Waals surface area contributed by atoms with Gasteiger partial charge in [-0.1, -0.05) is 0 Å². The molecule has 0 fully saturated rings. The van der Waals surface area contributed by atoms with Crippen LogP contribution in [-0.2, 0) is 18.9 Å². The molecule has 0 bridgehead atoms. The summed E-state index contributed by atoms with van der Waals surface area (Å²) in [4.78, 5) is 0. The number of aliphatic hydroxyl groups is 1. The Labute approximate surface area is 98.4 Å². The van der Waals surface area contributed by atoms with Gasteiger partial charge in [-0.15, -0.1) is 10.2 Å². The molecule has 1 aliphatic rings. The van der Waals surface area contributed by atoms with Crippen LogP contribution in [0.15, 0.2) is 0 Å². The number of hydrogen-bond donors (Lipinski definition) is 1. The third-order valence-corrected chi connectivity index (χ3v) is 2.94. The maximum Gasteiger partial charge on any atom is 0.461 e. The standard InChI is InChI=1S/C9H10F5N3O/c10-8(11,9(12,13)14)7-16-15-6-2-1-5(4-18)3-17(6)7/h5,18H,1-4H2.